The van der Waals surface area contributed by atoms with Crippen LogP contribution in [0.15, 0.2) is 177 Å². The lowest BCUT2D eigenvalue weighted by Crippen LogP contribution is -2.49. The lowest BCUT2D eigenvalue weighted by Gasteiger charge is -2.39. The monoisotopic (exact) mass is 1200 g/mol. The molecule has 0 saturated carbocycles. The molecule has 450 valence electrons. The molecule has 1 atom stereocenters. The maximum absolute atomic E-state index is 15.0. The van der Waals surface area contributed by atoms with E-state index in [4.69, 9.17) is 24.2 Å². The van der Waals surface area contributed by atoms with Crippen LogP contribution in [0.1, 0.15) is 32.7 Å². The van der Waals surface area contributed by atoms with Gasteiger partial charge in [0.15, 0.2) is 5.82 Å². The summed E-state index contributed by atoms with van der Waals surface area (Å²) in [5, 5.41) is 20.2. The third-order valence-corrected chi connectivity index (χ3v) is 15.3. The number of piperazine rings is 1. The fraction of sp³-hybridized carbons (Fsp3) is 0.203. The first-order valence-corrected chi connectivity index (χ1v) is 29.0. The van der Waals surface area contributed by atoms with Crippen molar-refractivity contribution in [3.63, 3.8) is 0 Å². The predicted molar refractivity (Wildman–Crippen MR) is 341 cm³/mol. The van der Waals surface area contributed by atoms with E-state index in [1.54, 1.807) is 90.9 Å². The number of rotatable bonds is 21. The summed E-state index contributed by atoms with van der Waals surface area (Å²) in [7, 11) is 4.96. The second kappa shape index (κ2) is 28.5. The number of aromatic nitrogens is 4. The second-order valence-corrected chi connectivity index (χ2v) is 21.2. The fourth-order valence-corrected chi connectivity index (χ4v) is 10.5. The lowest BCUT2D eigenvalue weighted by molar-refractivity contribution is -0.112. The molecule has 1 unspecified atom stereocenters. The Morgan fingerprint density at radius 1 is 0.670 bits per heavy atom. The second-order valence-electron chi connectivity index (χ2n) is 20.2. The highest BCUT2D eigenvalue weighted by Gasteiger charge is 2.34. The first-order chi connectivity index (χ1) is 42.9. The fourth-order valence-electron chi connectivity index (χ4n) is 9.90. The number of hydrogen-bond donors (Lipinski definition) is 6. The van der Waals surface area contributed by atoms with E-state index in [9.17, 15) is 19.2 Å². The molecular weight excluding hydrogens is 1140 g/mol. The number of urea groups is 2. The largest absolute Gasteiger partial charge is 0.495 e. The molecule has 8 aromatic rings. The highest BCUT2D eigenvalue weighted by Crippen LogP contribution is 2.38. The first-order valence-electron chi connectivity index (χ1n) is 28.1. The summed E-state index contributed by atoms with van der Waals surface area (Å²) < 4.78 is 17.6. The third kappa shape index (κ3) is 14.9. The highest BCUT2D eigenvalue weighted by molar-refractivity contribution is 7.09. The molecular formula is C64H65N15O8S. The summed E-state index contributed by atoms with van der Waals surface area (Å²) in [6.07, 6.45) is 3.65. The van der Waals surface area contributed by atoms with Gasteiger partial charge in [-0.2, -0.15) is 0 Å². The molecule has 0 bridgehead atoms. The van der Waals surface area contributed by atoms with Crippen molar-refractivity contribution in [3.8, 4) is 11.5 Å². The van der Waals surface area contributed by atoms with Crippen LogP contribution in [-0.4, -0.2) is 127 Å². The number of carbonyl (C=O) groups excluding carboxylic acids is 5. The SMILES string of the molecule is C=CC(=O)Nc1cccc(Nc2cc(N(C(=O)NCc3ccccc3)c3ccc(C(=O)N4CCN(C)C(c5nc(Nc6ccc(N7CCOCC7)cc6OC)cc(N(C(=O)NCc6cccs6)c6cccc(NC(=O)C=C)c6)n5)C4)cc3OC)ncn2)c1. The minimum atomic E-state index is -0.628. The zero-order valence-electron chi connectivity index (χ0n) is 48.6. The Morgan fingerprint density at radius 2 is 1.39 bits per heavy atom. The van der Waals surface area contributed by atoms with Gasteiger partial charge in [0, 0.05) is 90.7 Å². The summed E-state index contributed by atoms with van der Waals surface area (Å²) in [5.41, 5.74) is 4.85. The average molecular weight is 1200 g/mol. The third-order valence-electron chi connectivity index (χ3n) is 14.4. The molecule has 6 N–H and O–H groups in total. The maximum atomic E-state index is 15.0. The highest BCUT2D eigenvalue weighted by atomic mass is 32.1. The number of nitrogens with zero attached hydrogens (tertiary/aromatic N) is 9. The molecule has 7 amide bonds. The van der Waals surface area contributed by atoms with Gasteiger partial charge in [-0.25, -0.2) is 39.3 Å². The summed E-state index contributed by atoms with van der Waals surface area (Å²) in [5.74, 6) is 0.867. The molecule has 2 aliphatic rings. The Bertz CT molecular complexity index is 3830. The van der Waals surface area contributed by atoms with Gasteiger partial charge in [-0.05, 0) is 103 Å². The molecule has 0 aliphatic carbocycles. The Morgan fingerprint density at radius 3 is 2.12 bits per heavy atom. The predicted octanol–water partition coefficient (Wildman–Crippen LogP) is 10.1. The van der Waals surface area contributed by atoms with Crippen LogP contribution in [0.4, 0.5) is 72.7 Å². The van der Waals surface area contributed by atoms with E-state index >= 15 is 4.79 Å². The zero-order chi connectivity index (χ0) is 61.5. The number of anilines is 11. The van der Waals surface area contributed by atoms with E-state index in [2.05, 4.69) is 64.8 Å². The molecule has 2 aliphatic heterocycles. The molecule has 88 heavy (non-hydrogen) atoms. The van der Waals surface area contributed by atoms with Gasteiger partial charge in [-0.15, -0.1) is 11.3 Å². The molecule has 10 rings (SSSR count). The van der Waals surface area contributed by atoms with Crippen LogP contribution >= 0.6 is 11.3 Å². The molecule has 23 nitrogen and oxygen atoms in total. The number of morpholine rings is 1. The molecule has 0 spiro atoms. The first kappa shape index (κ1) is 60.4. The Labute approximate surface area is 512 Å². The number of benzene rings is 5. The van der Waals surface area contributed by atoms with Gasteiger partial charge in [-0.3, -0.25) is 19.3 Å². The minimum Gasteiger partial charge on any atom is -0.495 e. The van der Waals surface area contributed by atoms with Crippen LogP contribution in [0.5, 0.6) is 11.5 Å². The Hall–Kier alpha value is -10.7. The standard InChI is InChI=1S/C64H65N15O8S/c1-6-59(80)70-45-17-11-16-44(33-45)69-55-36-57(68-41-67-55)79(64(84)65-38-42-14-9-8-10-15-42)51-24-21-43(32-54(51)86-5)62(82)77-26-25-75(3)52(40-77)61-73-56(72-50-23-22-47(35-53(50)85-4)76-27-29-87-30-28-76)37-58(74-61)78(63(83)66-39-49-20-13-31-88-49)48-19-12-18-46(34-48)71-60(81)7-2/h6-24,31-37,41,52H,1-2,25-30,38-40H2,3-5H3,(H,65,84)(H,66,83)(H,70,80)(H,71,81)(H,67,68,69)(H,72,73,74). The Balaban J connectivity index is 0.986. The van der Waals surface area contributed by atoms with Gasteiger partial charge >= 0.3 is 12.1 Å². The number of likely N-dealkylation sites (N-methyl/N-ethyl adjacent to an activating group) is 1. The summed E-state index contributed by atoms with van der Waals surface area (Å²) in [4.78, 5) is 97.9. The maximum Gasteiger partial charge on any atom is 0.328 e. The summed E-state index contributed by atoms with van der Waals surface area (Å²) >= 11 is 1.50. The van der Waals surface area contributed by atoms with E-state index in [0.29, 0.717) is 72.1 Å². The molecule has 2 saturated heterocycles. The van der Waals surface area contributed by atoms with E-state index in [-0.39, 0.29) is 65.9 Å². The quantitative estimate of drug-likeness (QED) is 0.0366. The molecule has 2 fully saturated rings. The van der Waals surface area contributed by atoms with Crippen molar-refractivity contribution in [3.05, 3.63) is 198 Å². The van der Waals surface area contributed by atoms with Crippen molar-refractivity contribution >= 4 is 104 Å². The number of amides is 7. The van der Waals surface area contributed by atoms with Gasteiger partial charge in [0.2, 0.25) is 11.8 Å². The van der Waals surface area contributed by atoms with Gasteiger partial charge in [0.05, 0.1) is 57.1 Å². The van der Waals surface area contributed by atoms with E-state index in [1.165, 1.54) is 40.6 Å². The van der Waals surface area contributed by atoms with Crippen molar-refractivity contribution in [1.82, 2.24) is 40.4 Å². The van der Waals surface area contributed by atoms with E-state index in [1.807, 2.05) is 73.1 Å². The van der Waals surface area contributed by atoms with Crippen LogP contribution in [0, 0.1) is 0 Å². The summed E-state index contributed by atoms with van der Waals surface area (Å²) in [6.45, 7) is 11.0. The van der Waals surface area contributed by atoms with Crippen LogP contribution in [-0.2, 0) is 27.4 Å². The molecule has 0 radical (unpaired) electrons. The number of thiophene rings is 1. The topological polar surface area (TPSA) is 253 Å². The molecule has 5 heterocycles. The van der Waals surface area contributed by atoms with Crippen molar-refractivity contribution in [2.45, 2.75) is 19.1 Å². The van der Waals surface area contributed by atoms with Crippen LogP contribution in [0.2, 0.25) is 0 Å². The van der Waals surface area contributed by atoms with Gasteiger partial charge < -0.3 is 55.9 Å². The normalized spacial score (nSPS) is 13.9. The Kier molecular flexibility index (Phi) is 19.5. The van der Waals surface area contributed by atoms with E-state index in [0.717, 1.165) is 35.3 Å². The number of hydrogen-bond acceptors (Lipinski definition) is 17. The number of methoxy groups -OCH3 is 2. The van der Waals surface area contributed by atoms with Gasteiger partial charge in [0.25, 0.3) is 5.91 Å². The van der Waals surface area contributed by atoms with Crippen LogP contribution < -0.4 is 56.1 Å². The van der Waals surface area contributed by atoms with Crippen molar-refractivity contribution in [1.29, 1.82) is 0 Å². The molecule has 24 heteroatoms. The summed E-state index contributed by atoms with van der Waals surface area (Å²) in [6, 6.07) is 39.3. The van der Waals surface area contributed by atoms with Crippen molar-refractivity contribution in [2.75, 3.05) is 103 Å². The van der Waals surface area contributed by atoms with E-state index < -0.39 is 24.0 Å². The van der Waals surface area contributed by atoms with Gasteiger partial charge in [-0.1, -0.05) is 61.7 Å². The number of nitrogens with one attached hydrogen (secondary N) is 6. The molecule has 5 aromatic carbocycles. The number of carbonyl (C=O) groups is 5. The smallest absolute Gasteiger partial charge is 0.328 e. The van der Waals surface area contributed by atoms with Gasteiger partial charge in [0.1, 0.15) is 41.1 Å². The zero-order valence-corrected chi connectivity index (χ0v) is 49.5. The van der Waals surface area contributed by atoms with Crippen molar-refractivity contribution in [2.24, 2.45) is 0 Å². The van der Waals surface area contributed by atoms with Crippen molar-refractivity contribution < 1.29 is 38.2 Å². The number of ether oxygens (including phenoxy) is 3. The van der Waals surface area contributed by atoms with Crippen LogP contribution in [0.25, 0.3) is 0 Å². The van der Waals surface area contributed by atoms with Crippen LogP contribution in [0.3, 0.4) is 0 Å². The lowest BCUT2D eigenvalue weighted by atomic mass is 10.1. The average Bonchev–Trinajstić information content (AvgIpc) is 1.37. The molecule has 3 aromatic heterocycles. The minimum absolute atomic E-state index is 0.113.